The van der Waals surface area contributed by atoms with Crippen LogP contribution in [0.25, 0.3) is 11.4 Å². The van der Waals surface area contributed by atoms with Gasteiger partial charge in [0, 0.05) is 5.56 Å². The van der Waals surface area contributed by atoms with Crippen molar-refractivity contribution in [1.82, 2.24) is 15.0 Å². The number of halogens is 3. The van der Waals surface area contributed by atoms with E-state index in [-0.39, 0.29) is 0 Å². The second-order valence-electron chi connectivity index (χ2n) is 5.57. The molecule has 124 valence electrons. The van der Waals surface area contributed by atoms with E-state index in [4.69, 9.17) is 39.5 Å². The van der Waals surface area contributed by atoms with E-state index in [9.17, 15) is 0 Å². The van der Waals surface area contributed by atoms with E-state index in [1.807, 2.05) is 45.0 Å². The topological polar surface area (TPSA) is 47.9 Å². The molecular formula is C16H18Cl3N3O. The number of aromatic nitrogens is 3. The maximum Gasteiger partial charge on any atom is 0.177 e. The molecule has 1 aromatic heterocycles. The molecule has 4 nitrogen and oxygen atoms in total. The Balaban J connectivity index is 2.60. The zero-order valence-corrected chi connectivity index (χ0v) is 15.7. The zero-order valence-electron chi connectivity index (χ0n) is 13.4. The fourth-order valence-corrected chi connectivity index (χ4v) is 2.09. The number of ether oxygens (including phenoxy) is 1. The third kappa shape index (κ3) is 4.25. The van der Waals surface area contributed by atoms with Gasteiger partial charge < -0.3 is 4.74 Å². The summed E-state index contributed by atoms with van der Waals surface area (Å²) < 4.78 is 3.97. The summed E-state index contributed by atoms with van der Waals surface area (Å²) in [5.74, 6) is 1.95. The van der Waals surface area contributed by atoms with E-state index in [2.05, 4.69) is 15.0 Å². The summed E-state index contributed by atoms with van der Waals surface area (Å²) in [6.45, 7) is 5.48. The summed E-state index contributed by atoms with van der Waals surface area (Å²) >= 11 is 19.0. The highest BCUT2D eigenvalue weighted by molar-refractivity contribution is 6.47. The van der Waals surface area contributed by atoms with Gasteiger partial charge >= 0.3 is 0 Å². The van der Waals surface area contributed by atoms with Crippen LogP contribution in [0.2, 0.25) is 0 Å². The van der Waals surface area contributed by atoms with Gasteiger partial charge in [-0.25, -0.2) is 15.0 Å². The highest BCUT2D eigenvalue weighted by Gasteiger charge is 2.32. The molecule has 0 bridgehead atoms. The Bertz CT molecular complexity index is 682. The first-order valence-electron chi connectivity index (χ1n) is 7.15. The number of alkyl halides is 3. The molecule has 0 radical (unpaired) electrons. The van der Waals surface area contributed by atoms with Crippen LogP contribution in [0.15, 0.2) is 24.3 Å². The van der Waals surface area contributed by atoms with Crippen molar-refractivity contribution in [3.63, 3.8) is 0 Å². The van der Waals surface area contributed by atoms with E-state index < -0.39 is 9.21 Å². The summed E-state index contributed by atoms with van der Waals surface area (Å²) in [5.41, 5.74) is 0.803. The van der Waals surface area contributed by atoms with E-state index in [1.165, 1.54) is 0 Å². The maximum atomic E-state index is 6.37. The molecule has 0 aliphatic carbocycles. The standard InChI is InChI=1S/C16H18Cl3N3O/c1-5-16(18,19)14-21-12(20-13(22-14)15(2,3)17)10-6-8-11(23-4)9-7-10/h6-9H,5H2,1-4H3. The average Bonchev–Trinajstić information content (AvgIpc) is 2.53. The van der Waals surface area contributed by atoms with Crippen LogP contribution in [-0.2, 0) is 9.21 Å². The Morgan fingerprint density at radius 3 is 2.00 bits per heavy atom. The van der Waals surface area contributed by atoms with Crippen LogP contribution >= 0.6 is 34.8 Å². The number of nitrogens with zero attached hydrogens (tertiary/aromatic N) is 3. The molecule has 0 unspecified atom stereocenters. The van der Waals surface area contributed by atoms with Crippen molar-refractivity contribution in [2.24, 2.45) is 0 Å². The molecule has 0 atom stereocenters. The van der Waals surface area contributed by atoms with Crippen LogP contribution in [0, 0.1) is 0 Å². The molecule has 2 rings (SSSR count). The molecule has 0 N–H and O–H groups in total. The van der Waals surface area contributed by atoms with Gasteiger partial charge in [-0.1, -0.05) is 30.1 Å². The number of benzene rings is 1. The Kier molecular flexibility index (Phi) is 5.39. The van der Waals surface area contributed by atoms with Gasteiger partial charge in [0.15, 0.2) is 21.8 Å². The molecule has 0 aliphatic heterocycles. The van der Waals surface area contributed by atoms with Gasteiger partial charge in [-0.15, -0.1) is 11.6 Å². The predicted molar refractivity (Wildman–Crippen MR) is 94.4 cm³/mol. The first-order valence-corrected chi connectivity index (χ1v) is 8.29. The minimum Gasteiger partial charge on any atom is -0.497 e. The molecule has 23 heavy (non-hydrogen) atoms. The summed E-state index contributed by atoms with van der Waals surface area (Å²) in [4.78, 5) is 12.5. The molecule has 1 heterocycles. The molecule has 0 spiro atoms. The van der Waals surface area contributed by atoms with E-state index in [1.54, 1.807) is 7.11 Å². The first-order chi connectivity index (χ1) is 10.7. The van der Waals surface area contributed by atoms with Crippen LogP contribution in [0.3, 0.4) is 0 Å². The molecule has 0 saturated heterocycles. The van der Waals surface area contributed by atoms with Crippen molar-refractivity contribution >= 4 is 34.8 Å². The lowest BCUT2D eigenvalue weighted by Gasteiger charge is -2.20. The van der Waals surface area contributed by atoms with Crippen LogP contribution in [0.4, 0.5) is 0 Å². The molecule has 0 fully saturated rings. The minimum absolute atomic E-state index is 0.299. The van der Waals surface area contributed by atoms with Crippen molar-refractivity contribution in [1.29, 1.82) is 0 Å². The number of hydrogen-bond acceptors (Lipinski definition) is 4. The molecular weight excluding hydrogens is 357 g/mol. The highest BCUT2D eigenvalue weighted by Crippen LogP contribution is 2.37. The Morgan fingerprint density at radius 2 is 1.52 bits per heavy atom. The predicted octanol–water partition coefficient (Wildman–Crippen LogP) is 5.06. The smallest absolute Gasteiger partial charge is 0.177 e. The molecule has 7 heteroatoms. The fourth-order valence-electron chi connectivity index (χ4n) is 1.83. The van der Waals surface area contributed by atoms with Gasteiger partial charge in [0.05, 0.1) is 12.0 Å². The Morgan fingerprint density at radius 1 is 0.957 bits per heavy atom. The van der Waals surface area contributed by atoms with Crippen molar-refractivity contribution in [2.75, 3.05) is 7.11 Å². The maximum absolute atomic E-state index is 6.37. The Labute approximate surface area is 151 Å². The zero-order chi connectivity index (χ0) is 17.3. The molecule has 0 amide bonds. The van der Waals surface area contributed by atoms with Gasteiger partial charge in [-0.3, -0.25) is 0 Å². The number of hydrogen-bond donors (Lipinski definition) is 0. The van der Waals surface area contributed by atoms with Crippen LogP contribution < -0.4 is 4.74 Å². The van der Waals surface area contributed by atoms with Gasteiger partial charge in [0.1, 0.15) is 5.75 Å². The molecule has 0 saturated carbocycles. The largest absolute Gasteiger partial charge is 0.497 e. The minimum atomic E-state index is -1.19. The highest BCUT2D eigenvalue weighted by atomic mass is 35.5. The first kappa shape index (κ1) is 18.2. The molecule has 0 aliphatic rings. The summed E-state index contributed by atoms with van der Waals surface area (Å²) in [7, 11) is 1.61. The summed E-state index contributed by atoms with van der Waals surface area (Å²) in [5, 5.41) is 0. The van der Waals surface area contributed by atoms with Gasteiger partial charge in [-0.05, 0) is 44.5 Å². The van der Waals surface area contributed by atoms with Gasteiger partial charge in [0.2, 0.25) is 0 Å². The van der Waals surface area contributed by atoms with E-state index >= 15 is 0 Å². The SMILES string of the molecule is CCC(Cl)(Cl)c1nc(-c2ccc(OC)cc2)nc(C(C)(C)Cl)n1. The van der Waals surface area contributed by atoms with Crippen molar-refractivity contribution in [3.8, 4) is 17.1 Å². The van der Waals surface area contributed by atoms with E-state index in [0.29, 0.717) is 23.9 Å². The fraction of sp³-hybridized carbons (Fsp3) is 0.438. The summed E-state index contributed by atoms with van der Waals surface area (Å²) in [6, 6.07) is 7.38. The van der Waals surface area contributed by atoms with Crippen molar-refractivity contribution in [3.05, 3.63) is 35.9 Å². The lowest BCUT2D eigenvalue weighted by Crippen LogP contribution is -2.21. The van der Waals surface area contributed by atoms with Crippen molar-refractivity contribution < 1.29 is 4.74 Å². The lowest BCUT2D eigenvalue weighted by atomic mass is 10.1. The molecule has 1 aromatic carbocycles. The third-order valence-corrected chi connectivity index (χ3v) is 4.33. The van der Waals surface area contributed by atoms with Crippen LogP contribution in [0.5, 0.6) is 5.75 Å². The monoisotopic (exact) mass is 373 g/mol. The average molecular weight is 375 g/mol. The Hall–Kier alpha value is -1.10. The van der Waals surface area contributed by atoms with Crippen LogP contribution in [-0.4, -0.2) is 22.1 Å². The van der Waals surface area contributed by atoms with Crippen LogP contribution in [0.1, 0.15) is 38.8 Å². The summed E-state index contributed by atoms with van der Waals surface area (Å²) in [6.07, 6.45) is 0.463. The van der Waals surface area contributed by atoms with Crippen molar-refractivity contribution in [2.45, 2.75) is 36.4 Å². The third-order valence-electron chi connectivity index (χ3n) is 3.29. The number of methoxy groups -OCH3 is 1. The lowest BCUT2D eigenvalue weighted by molar-refractivity contribution is 0.415. The quantitative estimate of drug-likeness (QED) is 0.686. The van der Waals surface area contributed by atoms with Gasteiger partial charge in [-0.2, -0.15) is 0 Å². The second-order valence-corrected chi connectivity index (χ2v) is 7.99. The number of rotatable bonds is 5. The van der Waals surface area contributed by atoms with Gasteiger partial charge in [0.25, 0.3) is 0 Å². The normalized spacial score (nSPS) is 12.3. The molecule has 2 aromatic rings. The van der Waals surface area contributed by atoms with E-state index in [0.717, 1.165) is 11.3 Å². The second kappa shape index (κ2) is 6.80.